The lowest BCUT2D eigenvalue weighted by Crippen LogP contribution is -2.11. The van der Waals surface area contributed by atoms with E-state index in [1.165, 1.54) is 0 Å². The number of benzene rings is 3. The van der Waals surface area contributed by atoms with Crippen LogP contribution in [0.15, 0.2) is 54.6 Å². The summed E-state index contributed by atoms with van der Waals surface area (Å²) in [6.45, 7) is 7.45. The fourth-order valence-corrected chi connectivity index (χ4v) is 4.39. The van der Waals surface area contributed by atoms with Crippen LogP contribution in [0.25, 0.3) is 10.8 Å². The number of phosphoric ester groups is 1. The third-order valence-electron chi connectivity index (χ3n) is 4.64. The van der Waals surface area contributed by atoms with Gasteiger partial charge in [-0.1, -0.05) is 42.5 Å². The molecule has 0 amide bonds. The molecule has 0 spiro atoms. The van der Waals surface area contributed by atoms with Crippen molar-refractivity contribution in [3.63, 3.8) is 0 Å². The zero-order chi connectivity index (χ0) is 21.7. The van der Waals surface area contributed by atoms with Gasteiger partial charge in [-0.25, -0.2) is 9.36 Å². The fourth-order valence-electron chi connectivity index (χ4n) is 3.12. The Kier molecular flexibility index (Phi) is 6.93. The molecule has 0 aliphatic rings. The monoisotopic (exact) mass is 428 g/mol. The second-order valence-corrected chi connectivity index (χ2v) is 8.18. The molecule has 0 radical (unpaired) electrons. The first-order valence-electron chi connectivity index (χ1n) is 9.78. The van der Waals surface area contributed by atoms with Crippen molar-refractivity contribution in [1.29, 1.82) is 0 Å². The predicted octanol–water partition coefficient (Wildman–Crippen LogP) is 6.24. The van der Waals surface area contributed by atoms with Crippen LogP contribution < -0.4 is 9.26 Å². The number of esters is 1. The van der Waals surface area contributed by atoms with Gasteiger partial charge in [0.25, 0.3) is 0 Å². The molecule has 3 aromatic rings. The number of fused-ring (bicyclic) bond motifs is 1. The first-order chi connectivity index (χ1) is 14.4. The van der Waals surface area contributed by atoms with E-state index in [0.29, 0.717) is 39.0 Å². The second kappa shape index (κ2) is 9.43. The number of ether oxygens (including phenoxy) is 1. The van der Waals surface area contributed by atoms with Gasteiger partial charge in [-0.05, 0) is 51.0 Å². The van der Waals surface area contributed by atoms with Gasteiger partial charge in [0.05, 0.1) is 18.8 Å². The molecular weight excluding hydrogens is 403 g/mol. The van der Waals surface area contributed by atoms with E-state index in [-0.39, 0.29) is 13.2 Å². The zero-order valence-electron chi connectivity index (χ0n) is 17.5. The van der Waals surface area contributed by atoms with Crippen molar-refractivity contribution >= 4 is 24.6 Å². The zero-order valence-corrected chi connectivity index (χ0v) is 18.4. The molecule has 0 saturated heterocycles. The Balaban J connectivity index is 2.10. The van der Waals surface area contributed by atoms with Crippen LogP contribution in [0.3, 0.4) is 0 Å². The van der Waals surface area contributed by atoms with Gasteiger partial charge in [-0.15, -0.1) is 0 Å². The summed E-state index contributed by atoms with van der Waals surface area (Å²) in [5, 5.41) is 1.32. The first-order valence-corrected chi connectivity index (χ1v) is 11.2. The van der Waals surface area contributed by atoms with Crippen LogP contribution in [0.2, 0.25) is 0 Å². The molecule has 0 fully saturated rings. The molecule has 0 aliphatic heterocycles. The number of carbonyl (C=O) groups is 1. The topological polar surface area (TPSA) is 71.1 Å². The van der Waals surface area contributed by atoms with Crippen LogP contribution >= 0.6 is 7.82 Å². The van der Waals surface area contributed by atoms with Crippen LogP contribution in [0.4, 0.5) is 0 Å². The highest BCUT2D eigenvalue weighted by molar-refractivity contribution is 7.49. The van der Waals surface area contributed by atoms with Gasteiger partial charge in [0, 0.05) is 10.8 Å². The molecule has 0 aromatic heterocycles. The molecule has 0 saturated carbocycles. The number of phosphoric acid groups is 1. The third kappa shape index (κ3) is 4.57. The Labute approximate surface area is 176 Å². The molecule has 158 valence electrons. The largest absolute Gasteiger partial charge is 0.530 e. The van der Waals surface area contributed by atoms with Gasteiger partial charge in [-0.2, -0.15) is 0 Å². The van der Waals surface area contributed by atoms with E-state index in [4.69, 9.17) is 18.3 Å². The van der Waals surface area contributed by atoms with Crippen molar-refractivity contribution < 1.29 is 27.7 Å². The highest BCUT2D eigenvalue weighted by Crippen LogP contribution is 2.53. The number of carbonyl (C=O) groups excluding carboxylic acids is 1. The molecule has 0 heterocycles. The number of rotatable bonds is 8. The predicted molar refractivity (Wildman–Crippen MR) is 116 cm³/mol. The molecule has 0 N–H and O–H groups in total. The molecule has 3 rings (SSSR count). The highest BCUT2D eigenvalue weighted by Gasteiger charge is 2.30. The Bertz CT molecular complexity index is 1080. The van der Waals surface area contributed by atoms with Gasteiger partial charge in [0.15, 0.2) is 0 Å². The summed E-state index contributed by atoms with van der Waals surface area (Å²) in [5.74, 6) is 0.367. The standard InChI is InChI=1S/C23H25O6P/c1-5-26-30(25,27-6-2)29-22-17(4)16(3)21(19-14-10-11-15-20(19)22)28-23(24)18-12-8-7-9-13-18/h7-15H,5-6H2,1-4H3. The lowest BCUT2D eigenvalue weighted by molar-refractivity contribution is 0.0735. The lowest BCUT2D eigenvalue weighted by Gasteiger charge is -2.22. The van der Waals surface area contributed by atoms with Crippen LogP contribution in [0.1, 0.15) is 35.3 Å². The molecule has 0 unspecified atom stereocenters. The molecule has 0 atom stereocenters. The van der Waals surface area contributed by atoms with Gasteiger partial charge < -0.3 is 9.26 Å². The maximum atomic E-state index is 13.0. The van der Waals surface area contributed by atoms with Crippen molar-refractivity contribution in [1.82, 2.24) is 0 Å². The van der Waals surface area contributed by atoms with Crippen molar-refractivity contribution in [2.75, 3.05) is 13.2 Å². The summed E-state index contributed by atoms with van der Waals surface area (Å²) in [7, 11) is -3.79. The van der Waals surface area contributed by atoms with E-state index in [1.54, 1.807) is 38.1 Å². The molecule has 0 aliphatic carbocycles. The summed E-state index contributed by atoms with van der Waals surface area (Å²) in [6.07, 6.45) is 0. The molecular formula is C23H25O6P. The van der Waals surface area contributed by atoms with Crippen molar-refractivity contribution in [3.05, 3.63) is 71.3 Å². The highest BCUT2D eigenvalue weighted by atomic mass is 31.2. The Morgan fingerprint density at radius 2 is 1.30 bits per heavy atom. The molecule has 6 nitrogen and oxygen atoms in total. The SMILES string of the molecule is CCOP(=O)(OCC)Oc1c(C)c(C)c(OC(=O)c2ccccc2)c2ccccc12. The van der Waals surface area contributed by atoms with Gasteiger partial charge in [0.2, 0.25) is 0 Å². The quantitative estimate of drug-likeness (QED) is 0.240. The smallest absolute Gasteiger partial charge is 0.422 e. The lowest BCUT2D eigenvalue weighted by atomic mass is 9.99. The van der Waals surface area contributed by atoms with Crippen LogP contribution in [0.5, 0.6) is 11.5 Å². The van der Waals surface area contributed by atoms with E-state index in [2.05, 4.69) is 0 Å². The van der Waals surface area contributed by atoms with Crippen LogP contribution in [0, 0.1) is 13.8 Å². The van der Waals surface area contributed by atoms with Crippen LogP contribution in [-0.4, -0.2) is 19.2 Å². The Morgan fingerprint density at radius 1 is 0.800 bits per heavy atom. The summed E-state index contributed by atoms with van der Waals surface area (Å²) in [4.78, 5) is 12.7. The average Bonchev–Trinajstić information content (AvgIpc) is 2.75. The van der Waals surface area contributed by atoms with Gasteiger partial charge in [-0.3, -0.25) is 9.05 Å². The summed E-state index contributed by atoms with van der Waals surface area (Å²) in [5.41, 5.74) is 1.84. The number of hydrogen-bond acceptors (Lipinski definition) is 6. The van der Waals surface area contributed by atoms with E-state index < -0.39 is 13.8 Å². The van der Waals surface area contributed by atoms with Crippen LogP contribution in [-0.2, 0) is 13.6 Å². The van der Waals surface area contributed by atoms with E-state index >= 15 is 0 Å². The third-order valence-corrected chi connectivity index (χ3v) is 6.20. The first kappa shape index (κ1) is 22.0. The second-order valence-electron chi connectivity index (χ2n) is 6.58. The van der Waals surface area contributed by atoms with Gasteiger partial charge in [0.1, 0.15) is 11.5 Å². The molecule has 7 heteroatoms. The van der Waals surface area contributed by atoms with E-state index in [1.807, 2.05) is 44.2 Å². The fraction of sp³-hybridized carbons (Fsp3) is 0.261. The Morgan fingerprint density at radius 3 is 1.87 bits per heavy atom. The average molecular weight is 428 g/mol. The molecule has 30 heavy (non-hydrogen) atoms. The summed E-state index contributed by atoms with van der Waals surface area (Å²) >= 11 is 0. The Hall–Kier alpha value is -2.66. The van der Waals surface area contributed by atoms with E-state index in [9.17, 15) is 9.36 Å². The van der Waals surface area contributed by atoms with E-state index in [0.717, 1.165) is 0 Å². The summed E-state index contributed by atoms with van der Waals surface area (Å²) < 4.78 is 35.2. The number of hydrogen-bond donors (Lipinski definition) is 0. The minimum atomic E-state index is -3.79. The van der Waals surface area contributed by atoms with Crippen molar-refractivity contribution in [2.45, 2.75) is 27.7 Å². The normalized spacial score (nSPS) is 11.5. The molecule has 0 bridgehead atoms. The van der Waals surface area contributed by atoms with Crippen molar-refractivity contribution in [3.8, 4) is 11.5 Å². The van der Waals surface area contributed by atoms with Crippen molar-refractivity contribution in [2.24, 2.45) is 0 Å². The maximum Gasteiger partial charge on any atom is 0.530 e. The van der Waals surface area contributed by atoms with Gasteiger partial charge >= 0.3 is 13.8 Å². The maximum absolute atomic E-state index is 13.0. The minimum absolute atomic E-state index is 0.181. The summed E-state index contributed by atoms with van der Waals surface area (Å²) in [6, 6.07) is 16.1. The molecule has 3 aromatic carbocycles. The minimum Gasteiger partial charge on any atom is -0.422 e.